The molecule has 416 valence electrons. The van der Waals surface area contributed by atoms with Crippen molar-refractivity contribution in [1.29, 1.82) is 0 Å². The van der Waals surface area contributed by atoms with E-state index in [-0.39, 0.29) is 12.5 Å². The number of aliphatic hydroxyl groups is 2. The van der Waals surface area contributed by atoms with Crippen LogP contribution >= 0.6 is 0 Å². The molecule has 4 nitrogen and oxygen atoms in total. The molecule has 2 atom stereocenters. The maximum Gasteiger partial charge on any atom is 0.220 e. The Morgan fingerprint density at radius 3 is 0.930 bits per heavy atom. The highest BCUT2D eigenvalue weighted by molar-refractivity contribution is 5.76. The zero-order valence-electron chi connectivity index (χ0n) is 48.0. The van der Waals surface area contributed by atoms with Crippen LogP contribution in [0.1, 0.15) is 341 Å². The Kier molecular flexibility index (Phi) is 60.7. The SMILES string of the molecule is CC/C=C\C/C=C\C/C=C\C/C=C\C/C=C\CCCCCCCCCCCCCCCCCCCCCC(=O)NC(CO)C(O)CCCCCCCCCCCCCCCCCCCCCCCCCC. The van der Waals surface area contributed by atoms with Crippen molar-refractivity contribution in [2.75, 3.05) is 6.61 Å². The summed E-state index contributed by atoms with van der Waals surface area (Å²) in [7, 11) is 0. The highest BCUT2D eigenvalue weighted by Crippen LogP contribution is 2.18. The molecule has 0 fully saturated rings. The minimum Gasteiger partial charge on any atom is -0.394 e. The van der Waals surface area contributed by atoms with Crippen molar-refractivity contribution in [2.45, 2.75) is 353 Å². The fourth-order valence-electron chi connectivity index (χ4n) is 9.98. The second-order valence-electron chi connectivity index (χ2n) is 21.8. The fourth-order valence-corrected chi connectivity index (χ4v) is 9.98. The molecule has 0 aromatic carbocycles. The van der Waals surface area contributed by atoms with Crippen LogP contribution in [-0.4, -0.2) is 34.9 Å². The van der Waals surface area contributed by atoms with Gasteiger partial charge < -0.3 is 15.5 Å². The van der Waals surface area contributed by atoms with Gasteiger partial charge in [0.2, 0.25) is 5.91 Å². The molecule has 0 aliphatic heterocycles. The molecular formula is C67H125NO3. The highest BCUT2D eigenvalue weighted by Gasteiger charge is 2.20. The normalized spacial score (nSPS) is 13.1. The molecule has 0 saturated heterocycles. The van der Waals surface area contributed by atoms with Crippen molar-refractivity contribution in [3.63, 3.8) is 0 Å². The molecule has 0 bridgehead atoms. The first-order valence-corrected chi connectivity index (χ1v) is 32.0. The first-order chi connectivity index (χ1) is 35.2. The lowest BCUT2D eigenvalue weighted by Crippen LogP contribution is -2.45. The zero-order chi connectivity index (χ0) is 51.3. The molecule has 1 amide bonds. The molecule has 0 saturated carbocycles. The number of rotatable bonds is 59. The molecule has 0 aliphatic carbocycles. The van der Waals surface area contributed by atoms with Crippen LogP contribution in [0.25, 0.3) is 0 Å². The van der Waals surface area contributed by atoms with Crippen LogP contribution < -0.4 is 5.32 Å². The number of unbranched alkanes of at least 4 members (excludes halogenated alkanes) is 42. The van der Waals surface area contributed by atoms with E-state index in [0.717, 1.165) is 57.8 Å². The summed E-state index contributed by atoms with van der Waals surface area (Å²) in [6, 6.07) is -0.538. The minimum atomic E-state index is -0.661. The summed E-state index contributed by atoms with van der Waals surface area (Å²) in [6.45, 7) is 4.28. The van der Waals surface area contributed by atoms with Crippen molar-refractivity contribution >= 4 is 5.91 Å². The number of aliphatic hydroxyl groups excluding tert-OH is 2. The van der Waals surface area contributed by atoms with Gasteiger partial charge in [-0.3, -0.25) is 4.79 Å². The number of amides is 1. The van der Waals surface area contributed by atoms with Crippen LogP contribution in [-0.2, 0) is 4.79 Å². The molecule has 0 radical (unpaired) electrons. The Balaban J connectivity index is 3.42. The lowest BCUT2D eigenvalue weighted by molar-refractivity contribution is -0.123. The number of hydrogen-bond acceptors (Lipinski definition) is 3. The second kappa shape index (κ2) is 62.4. The van der Waals surface area contributed by atoms with E-state index in [2.05, 4.69) is 79.9 Å². The molecule has 0 aliphatic rings. The largest absolute Gasteiger partial charge is 0.394 e. The number of hydrogen-bond donors (Lipinski definition) is 3. The van der Waals surface area contributed by atoms with Crippen molar-refractivity contribution in [3.05, 3.63) is 60.8 Å². The summed E-state index contributed by atoms with van der Waals surface area (Å²) in [5.41, 5.74) is 0. The average molecular weight is 993 g/mol. The standard InChI is InChI=1S/C67H125NO3/c1-3-5-7-9-11-13-15-17-19-21-23-25-27-29-30-31-32-33-34-35-36-37-38-39-41-43-45-47-49-51-53-55-57-59-61-63-67(71)68-65(64-69)66(70)62-60-58-56-54-52-50-48-46-44-42-40-28-26-24-22-20-18-16-14-12-10-8-6-4-2/h5,7,11,13,17,19,23,25,29-30,65-66,69-70H,3-4,6,8-10,12,14-16,18,20-22,24,26-28,31-64H2,1-2H3,(H,68,71)/b7-5-,13-11-,19-17-,25-23-,30-29-. The van der Waals surface area contributed by atoms with Gasteiger partial charge in [0, 0.05) is 6.42 Å². The minimum absolute atomic E-state index is 0.0258. The Morgan fingerprint density at radius 1 is 0.352 bits per heavy atom. The smallest absolute Gasteiger partial charge is 0.220 e. The van der Waals surface area contributed by atoms with Crippen LogP contribution in [0.15, 0.2) is 60.8 Å². The second-order valence-corrected chi connectivity index (χ2v) is 21.8. The van der Waals surface area contributed by atoms with Crippen molar-refractivity contribution in [3.8, 4) is 0 Å². The van der Waals surface area contributed by atoms with Gasteiger partial charge in [-0.25, -0.2) is 0 Å². The Hall–Kier alpha value is -1.91. The summed E-state index contributed by atoms with van der Waals surface area (Å²) < 4.78 is 0. The van der Waals surface area contributed by atoms with E-state index in [4.69, 9.17) is 0 Å². The molecule has 2 unspecified atom stereocenters. The quantitative estimate of drug-likeness (QED) is 0.0420. The molecule has 4 heteroatoms. The third-order valence-electron chi connectivity index (χ3n) is 14.8. The predicted molar refractivity (Wildman–Crippen MR) is 318 cm³/mol. The van der Waals surface area contributed by atoms with Crippen molar-refractivity contribution in [2.24, 2.45) is 0 Å². The van der Waals surface area contributed by atoms with Crippen LogP contribution in [0.5, 0.6) is 0 Å². The molecule has 3 N–H and O–H groups in total. The summed E-state index contributed by atoms with van der Waals surface area (Å²) in [4.78, 5) is 12.5. The molecule has 0 aromatic rings. The fraction of sp³-hybridized carbons (Fsp3) is 0.836. The van der Waals surface area contributed by atoms with Crippen LogP contribution in [0.3, 0.4) is 0 Å². The van der Waals surface area contributed by atoms with Crippen LogP contribution in [0.4, 0.5) is 0 Å². The van der Waals surface area contributed by atoms with Gasteiger partial charge in [0.05, 0.1) is 18.8 Å². The summed E-state index contributed by atoms with van der Waals surface area (Å²) >= 11 is 0. The Bertz CT molecular complexity index is 1170. The number of carbonyl (C=O) groups is 1. The van der Waals surface area contributed by atoms with Crippen LogP contribution in [0.2, 0.25) is 0 Å². The summed E-state index contributed by atoms with van der Waals surface area (Å²) in [5.74, 6) is -0.0258. The number of allylic oxidation sites excluding steroid dienone is 10. The number of carbonyl (C=O) groups excluding carboxylic acids is 1. The zero-order valence-corrected chi connectivity index (χ0v) is 48.0. The van der Waals surface area contributed by atoms with Crippen molar-refractivity contribution in [1.82, 2.24) is 5.32 Å². The predicted octanol–water partition coefficient (Wildman–Crippen LogP) is 21.5. The first-order valence-electron chi connectivity index (χ1n) is 32.0. The van der Waals surface area contributed by atoms with Gasteiger partial charge in [-0.2, -0.15) is 0 Å². The third-order valence-corrected chi connectivity index (χ3v) is 14.8. The van der Waals surface area contributed by atoms with Gasteiger partial charge in [0.25, 0.3) is 0 Å². The van der Waals surface area contributed by atoms with E-state index in [0.29, 0.717) is 12.8 Å². The maximum absolute atomic E-state index is 12.5. The van der Waals surface area contributed by atoms with Crippen molar-refractivity contribution < 1.29 is 15.0 Å². The van der Waals surface area contributed by atoms with E-state index in [1.165, 1.54) is 257 Å². The molecule has 0 spiro atoms. The summed E-state index contributed by atoms with van der Waals surface area (Å²) in [5, 5.41) is 23.4. The van der Waals surface area contributed by atoms with E-state index in [9.17, 15) is 15.0 Å². The van der Waals surface area contributed by atoms with Gasteiger partial charge in [0.1, 0.15) is 0 Å². The Labute approximate surface area is 445 Å². The summed E-state index contributed by atoms with van der Waals surface area (Å²) in [6.07, 6.45) is 88.2. The average Bonchev–Trinajstić information content (AvgIpc) is 3.37. The van der Waals surface area contributed by atoms with Gasteiger partial charge in [-0.1, -0.05) is 338 Å². The monoisotopic (exact) mass is 992 g/mol. The lowest BCUT2D eigenvalue weighted by atomic mass is 10.0. The van der Waals surface area contributed by atoms with E-state index in [1.54, 1.807) is 0 Å². The third kappa shape index (κ3) is 58.8. The lowest BCUT2D eigenvalue weighted by Gasteiger charge is -2.22. The Morgan fingerprint density at radius 2 is 0.620 bits per heavy atom. The van der Waals surface area contributed by atoms with Gasteiger partial charge in [-0.15, -0.1) is 0 Å². The molecular weight excluding hydrogens is 867 g/mol. The van der Waals surface area contributed by atoms with E-state index < -0.39 is 12.1 Å². The highest BCUT2D eigenvalue weighted by atomic mass is 16.3. The topological polar surface area (TPSA) is 69.6 Å². The van der Waals surface area contributed by atoms with E-state index in [1.807, 2.05) is 0 Å². The molecule has 0 aromatic heterocycles. The van der Waals surface area contributed by atoms with Crippen LogP contribution in [0, 0.1) is 0 Å². The first kappa shape index (κ1) is 69.1. The van der Waals surface area contributed by atoms with Gasteiger partial charge in [-0.05, 0) is 57.8 Å². The number of nitrogens with one attached hydrogen (secondary N) is 1. The van der Waals surface area contributed by atoms with Gasteiger partial charge >= 0.3 is 0 Å². The molecule has 0 heterocycles. The maximum atomic E-state index is 12.5. The van der Waals surface area contributed by atoms with Gasteiger partial charge in [0.15, 0.2) is 0 Å². The van der Waals surface area contributed by atoms with E-state index >= 15 is 0 Å². The molecule has 71 heavy (non-hydrogen) atoms. The molecule has 0 rings (SSSR count).